The van der Waals surface area contributed by atoms with E-state index >= 15 is 0 Å². The highest BCUT2D eigenvalue weighted by Gasteiger charge is 2.17. The van der Waals surface area contributed by atoms with Crippen molar-refractivity contribution in [2.75, 3.05) is 26.2 Å². The summed E-state index contributed by atoms with van der Waals surface area (Å²) in [5.74, 6) is 0.617. The zero-order chi connectivity index (χ0) is 16.7. The van der Waals surface area contributed by atoms with Crippen LogP contribution >= 0.6 is 0 Å². The molecule has 3 N–H and O–H groups in total. The largest absolute Gasteiger partial charge is 0.393 e. The van der Waals surface area contributed by atoms with Crippen LogP contribution in [0.15, 0.2) is 29.3 Å². The smallest absolute Gasteiger partial charge is 0.191 e. The van der Waals surface area contributed by atoms with E-state index in [1.165, 1.54) is 11.1 Å². The highest BCUT2D eigenvalue weighted by Crippen LogP contribution is 2.17. The van der Waals surface area contributed by atoms with E-state index < -0.39 is 0 Å². The van der Waals surface area contributed by atoms with Gasteiger partial charge in [0.15, 0.2) is 5.96 Å². The molecule has 5 heteroatoms. The number of benzene rings is 1. The van der Waals surface area contributed by atoms with Crippen molar-refractivity contribution in [1.82, 2.24) is 9.80 Å². The Kier molecular flexibility index (Phi) is 6.86. The molecule has 0 aliphatic carbocycles. The number of nitrogens with zero attached hydrogens (tertiary/aromatic N) is 3. The molecule has 5 nitrogen and oxygen atoms in total. The van der Waals surface area contributed by atoms with Crippen molar-refractivity contribution >= 4 is 5.96 Å². The van der Waals surface area contributed by atoms with Crippen molar-refractivity contribution in [2.45, 2.75) is 45.9 Å². The molecule has 1 fully saturated rings. The van der Waals surface area contributed by atoms with E-state index in [4.69, 9.17) is 5.73 Å². The van der Waals surface area contributed by atoms with Crippen LogP contribution in [0.2, 0.25) is 0 Å². The van der Waals surface area contributed by atoms with Crippen LogP contribution in [0, 0.1) is 0 Å². The van der Waals surface area contributed by atoms with Crippen LogP contribution in [0.3, 0.4) is 0 Å². The summed E-state index contributed by atoms with van der Waals surface area (Å²) in [5.41, 5.74) is 8.61. The summed E-state index contributed by atoms with van der Waals surface area (Å²) in [6.07, 6.45) is 1.62. The van der Waals surface area contributed by atoms with Crippen LogP contribution in [-0.2, 0) is 13.1 Å². The van der Waals surface area contributed by atoms with E-state index in [1.54, 1.807) is 0 Å². The lowest BCUT2D eigenvalue weighted by Gasteiger charge is -2.30. The van der Waals surface area contributed by atoms with Gasteiger partial charge in [0, 0.05) is 32.7 Å². The molecule has 1 aliphatic rings. The van der Waals surface area contributed by atoms with Gasteiger partial charge in [0.2, 0.25) is 0 Å². The van der Waals surface area contributed by atoms with Gasteiger partial charge in [-0.3, -0.25) is 4.90 Å². The average Bonchev–Trinajstić information content (AvgIpc) is 2.57. The highest BCUT2D eigenvalue weighted by molar-refractivity contribution is 5.78. The number of nitrogens with two attached hydrogens (primary N) is 1. The van der Waals surface area contributed by atoms with Crippen LogP contribution < -0.4 is 5.73 Å². The fourth-order valence-electron chi connectivity index (χ4n) is 3.00. The molecule has 0 bridgehead atoms. The van der Waals surface area contributed by atoms with Gasteiger partial charge in [0.1, 0.15) is 0 Å². The fourth-order valence-corrected chi connectivity index (χ4v) is 3.00. The molecule has 128 valence electrons. The molecule has 1 aliphatic heterocycles. The molecule has 23 heavy (non-hydrogen) atoms. The van der Waals surface area contributed by atoms with Crippen molar-refractivity contribution < 1.29 is 5.11 Å². The van der Waals surface area contributed by atoms with Gasteiger partial charge in [-0.25, -0.2) is 4.99 Å². The molecule has 0 saturated carbocycles. The van der Waals surface area contributed by atoms with Crippen molar-refractivity contribution in [3.8, 4) is 0 Å². The third-order valence-electron chi connectivity index (χ3n) is 4.57. The number of aliphatic hydroxyl groups excluding tert-OH is 1. The monoisotopic (exact) mass is 318 g/mol. The zero-order valence-corrected chi connectivity index (χ0v) is 14.4. The van der Waals surface area contributed by atoms with Gasteiger partial charge in [0.25, 0.3) is 0 Å². The van der Waals surface area contributed by atoms with Gasteiger partial charge in [-0.2, -0.15) is 0 Å². The van der Waals surface area contributed by atoms with E-state index in [2.05, 4.69) is 52.9 Å². The van der Waals surface area contributed by atoms with Gasteiger partial charge in [0.05, 0.1) is 12.6 Å². The van der Waals surface area contributed by atoms with E-state index in [0.717, 1.165) is 45.6 Å². The second-order valence-corrected chi connectivity index (χ2v) is 6.12. The number of rotatable bonds is 6. The number of aliphatic imine (C=N–C) groups is 1. The molecule has 1 heterocycles. The highest BCUT2D eigenvalue weighted by atomic mass is 16.3. The number of guanidine groups is 1. The van der Waals surface area contributed by atoms with Crippen LogP contribution in [0.25, 0.3) is 0 Å². The summed E-state index contributed by atoms with van der Waals surface area (Å²) >= 11 is 0. The molecule has 0 atom stereocenters. The molecule has 0 amide bonds. The number of piperidine rings is 1. The number of hydrogen-bond acceptors (Lipinski definition) is 3. The van der Waals surface area contributed by atoms with Crippen LogP contribution in [0.4, 0.5) is 0 Å². The molecule has 2 rings (SSSR count). The Hall–Kier alpha value is -1.59. The zero-order valence-electron chi connectivity index (χ0n) is 14.4. The maximum atomic E-state index is 9.63. The fraction of sp³-hybridized carbons (Fsp3) is 0.611. The quantitative estimate of drug-likeness (QED) is 0.620. The second-order valence-electron chi connectivity index (χ2n) is 6.12. The lowest BCUT2D eigenvalue weighted by atomic mass is 10.0. The minimum Gasteiger partial charge on any atom is -0.393 e. The maximum Gasteiger partial charge on any atom is 0.191 e. The molecule has 1 aromatic rings. The van der Waals surface area contributed by atoms with Crippen molar-refractivity contribution in [3.05, 3.63) is 35.4 Å². The third kappa shape index (κ3) is 5.22. The van der Waals surface area contributed by atoms with E-state index in [-0.39, 0.29) is 6.10 Å². The minimum absolute atomic E-state index is 0.125. The number of aliphatic hydroxyl groups is 1. The SMILES string of the molecule is CCN(CC)C(N)=NCc1ccccc1CN1CCC(O)CC1. The predicted molar refractivity (Wildman–Crippen MR) is 95.2 cm³/mol. The normalized spacial score (nSPS) is 17.4. The predicted octanol–water partition coefficient (Wildman–Crippen LogP) is 1.80. The summed E-state index contributed by atoms with van der Waals surface area (Å²) in [4.78, 5) is 9.03. The Morgan fingerprint density at radius 2 is 1.83 bits per heavy atom. The molecular weight excluding hydrogens is 288 g/mol. The molecule has 0 spiro atoms. The second kappa shape index (κ2) is 8.89. The summed E-state index contributed by atoms with van der Waals surface area (Å²) in [6.45, 7) is 9.39. The van der Waals surface area contributed by atoms with Gasteiger partial charge in [-0.15, -0.1) is 0 Å². The lowest BCUT2D eigenvalue weighted by molar-refractivity contribution is 0.0791. The van der Waals surface area contributed by atoms with Crippen molar-refractivity contribution in [2.24, 2.45) is 10.7 Å². The molecule has 0 aromatic heterocycles. The Bertz CT molecular complexity index is 505. The van der Waals surface area contributed by atoms with Gasteiger partial charge in [-0.05, 0) is 37.8 Å². The Morgan fingerprint density at radius 3 is 2.43 bits per heavy atom. The lowest BCUT2D eigenvalue weighted by Crippen LogP contribution is -2.37. The number of likely N-dealkylation sites (tertiary alicyclic amines) is 1. The Labute approximate surface area is 139 Å². The topological polar surface area (TPSA) is 65.1 Å². The minimum atomic E-state index is -0.125. The van der Waals surface area contributed by atoms with Gasteiger partial charge in [-0.1, -0.05) is 24.3 Å². The van der Waals surface area contributed by atoms with Crippen LogP contribution in [0.1, 0.15) is 37.8 Å². The molecular formula is C18H30N4O. The molecule has 0 unspecified atom stereocenters. The third-order valence-corrected chi connectivity index (χ3v) is 4.57. The Balaban J connectivity index is 2.01. The first-order chi connectivity index (χ1) is 11.1. The maximum absolute atomic E-state index is 9.63. The first kappa shape index (κ1) is 17.8. The van der Waals surface area contributed by atoms with Crippen LogP contribution in [0.5, 0.6) is 0 Å². The van der Waals surface area contributed by atoms with Gasteiger partial charge >= 0.3 is 0 Å². The average molecular weight is 318 g/mol. The summed E-state index contributed by atoms with van der Waals surface area (Å²) in [5, 5.41) is 9.63. The number of hydrogen-bond donors (Lipinski definition) is 2. The Morgan fingerprint density at radius 1 is 1.22 bits per heavy atom. The van der Waals surface area contributed by atoms with Crippen molar-refractivity contribution in [3.63, 3.8) is 0 Å². The first-order valence-electron chi connectivity index (χ1n) is 8.66. The summed E-state index contributed by atoms with van der Waals surface area (Å²) in [6, 6.07) is 8.44. The first-order valence-corrected chi connectivity index (χ1v) is 8.66. The van der Waals surface area contributed by atoms with E-state index in [1.807, 2.05) is 0 Å². The van der Waals surface area contributed by atoms with E-state index in [0.29, 0.717) is 12.5 Å². The summed E-state index contributed by atoms with van der Waals surface area (Å²) in [7, 11) is 0. The van der Waals surface area contributed by atoms with Crippen LogP contribution in [-0.4, -0.2) is 53.1 Å². The standard InChI is InChI=1S/C18H30N4O/c1-3-22(4-2)18(19)20-13-15-7-5-6-8-16(15)14-21-11-9-17(23)10-12-21/h5-8,17,23H,3-4,9-14H2,1-2H3,(H2,19,20). The molecule has 1 saturated heterocycles. The van der Waals surface area contributed by atoms with E-state index in [9.17, 15) is 5.11 Å². The molecule has 0 radical (unpaired) electrons. The molecule has 1 aromatic carbocycles. The van der Waals surface area contributed by atoms with Crippen molar-refractivity contribution in [1.29, 1.82) is 0 Å². The summed E-state index contributed by atoms with van der Waals surface area (Å²) < 4.78 is 0. The van der Waals surface area contributed by atoms with Gasteiger partial charge < -0.3 is 15.7 Å².